The minimum Gasteiger partial charge on any atom is -0.271 e. The second-order valence-electron chi connectivity index (χ2n) is 4.22. The van der Waals surface area contributed by atoms with Gasteiger partial charge in [-0.25, -0.2) is 4.39 Å². The standard InChI is InChI=1S/C13H11BrCl2FN3/c14-8-1-7(2-10(17)4-8)3-12(20-18)13-11(16)5-9(15)6-19-13/h1-2,4-6,12,20H,3,18H2. The molecule has 0 saturated heterocycles. The average molecular weight is 379 g/mol. The number of pyridine rings is 1. The largest absolute Gasteiger partial charge is 0.271 e. The Morgan fingerprint density at radius 3 is 2.65 bits per heavy atom. The number of hydrogen-bond acceptors (Lipinski definition) is 3. The molecule has 1 unspecified atom stereocenters. The molecule has 3 N–H and O–H groups in total. The fourth-order valence-corrected chi connectivity index (χ4v) is 2.91. The van der Waals surface area contributed by atoms with Gasteiger partial charge in [-0.1, -0.05) is 39.1 Å². The van der Waals surface area contributed by atoms with Gasteiger partial charge in [0.15, 0.2) is 0 Å². The maximum atomic E-state index is 13.4. The molecule has 7 heteroatoms. The molecular weight excluding hydrogens is 368 g/mol. The first kappa shape index (κ1) is 15.7. The average Bonchev–Trinajstić information content (AvgIpc) is 2.35. The molecule has 0 aliphatic carbocycles. The molecule has 2 aromatic rings. The zero-order valence-electron chi connectivity index (χ0n) is 10.2. The minimum absolute atomic E-state index is 0.319. The zero-order valence-corrected chi connectivity index (χ0v) is 13.3. The normalized spacial score (nSPS) is 12.4. The third kappa shape index (κ3) is 3.90. The summed E-state index contributed by atoms with van der Waals surface area (Å²) in [5.41, 5.74) is 3.98. The molecule has 1 heterocycles. The maximum Gasteiger partial charge on any atom is 0.124 e. The van der Waals surface area contributed by atoms with Gasteiger partial charge >= 0.3 is 0 Å². The van der Waals surface area contributed by atoms with E-state index in [0.29, 0.717) is 26.6 Å². The molecule has 106 valence electrons. The Hall–Kier alpha value is -0.720. The molecule has 0 aliphatic rings. The zero-order chi connectivity index (χ0) is 14.7. The lowest BCUT2D eigenvalue weighted by atomic mass is 10.0. The van der Waals surface area contributed by atoms with Gasteiger partial charge in [0.05, 0.1) is 21.8 Å². The molecule has 0 radical (unpaired) electrons. The molecule has 0 amide bonds. The van der Waals surface area contributed by atoms with E-state index in [0.717, 1.165) is 5.56 Å². The van der Waals surface area contributed by atoms with E-state index in [1.807, 2.05) is 6.07 Å². The number of hydrogen-bond donors (Lipinski definition) is 2. The molecule has 20 heavy (non-hydrogen) atoms. The van der Waals surface area contributed by atoms with Crippen LogP contribution in [0.4, 0.5) is 4.39 Å². The summed E-state index contributed by atoms with van der Waals surface area (Å²) in [5.74, 6) is 5.23. The molecule has 0 saturated carbocycles. The Bertz CT molecular complexity index is 604. The van der Waals surface area contributed by atoms with Crippen molar-refractivity contribution in [3.05, 3.63) is 62.1 Å². The van der Waals surface area contributed by atoms with Gasteiger partial charge in [-0.2, -0.15) is 0 Å². The van der Waals surface area contributed by atoms with Crippen molar-refractivity contribution in [2.24, 2.45) is 5.84 Å². The highest BCUT2D eigenvalue weighted by atomic mass is 79.9. The van der Waals surface area contributed by atoms with Crippen molar-refractivity contribution in [2.45, 2.75) is 12.5 Å². The Kier molecular flexibility index (Phi) is 5.35. The van der Waals surface area contributed by atoms with Gasteiger partial charge in [0.1, 0.15) is 5.82 Å². The number of nitrogens with zero attached hydrogens (tertiary/aromatic N) is 1. The molecule has 0 fully saturated rings. The third-order valence-corrected chi connectivity index (χ3v) is 3.70. The highest BCUT2D eigenvalue weighted by Crippen LogP contribution is 2.26. The lowest BCUT2D eigenvalue weighted by molar-refractivity contribution is 0.535. The van der Waals surface area contributed by atoms with Crippen molar-refractivity contribution in [1.82, 2.24) is 10.4 Å². The first-order valence-corrected chi connectivity index (χ1v) is 7.26. The Morgan fingerprint density at radius 2 is 2.05 bits per heavy atom. The first-order chi connectivity index (χ1) is 9.49. The monoisotopic (exact) mass is 377 g/mol. The second-order valence-corrected chi connectivity index (χ2v) is 5.98. The van der Waals surface area contributed by atoms with E-state index < -0.39 is 0 Å². The van der Waals surface area contributed by atoms with Crippen LogP contribution in [0.2, 0.25) is 10.0 Å². The summed E-state index contributed by atoms with van der Waals surface area (Å²) in [5, 5.41) is 0.860. The lowest BCUT2D eigenvalue weighted by Crippen LogP contribution is -2.30. The van der Waals surface area contributed by atoms with Crippen LogP contribution in [-0.4, -0.2) is 4.98 Å². The van der Waals surface area contributed by atoms with Crippen LogP contribution >= 0.6 is 39.1 Å². The van der Waals surface area contributed by atoms with Crippen LogP contribution in [0.15, 0.2) is 34.9 Å². The van der Waals surface area contributed by atoms with E-state index in [-0.39, 0.29) is 11.9 Å². The fourth-order valence-electron chi connectivity index (χ4n) is 1.88. The molecule has 1 aromatic carbocycles. The number of hydrazine groups is 1. The summed E-state index contributed by atoms with van der Waals surface area (Å²) in [6.45, 7) is 0. The van der Waals surface area contributed by atoms with Gasteiger partial charge in [-0.05, 0) is 36.2 Å². The van der Waals surface area contributed by atoms with Gasteiger partial charge in [-0.3, -0.25) is 16.3 Å². The number of halogens is 4. The maximum absolute atomic E-state index is 13.4. The van der Waals surface area contributed by atoms with Crippen molar-refractivity contribution in [1.29, 1.82) is 0 Å². The van der Waals surface area contributed by atoms with Crippen molar-refractivity contribution in [3.8, 4) is 0 Å². The Morgan fingerprint density at radius 1 is 1.30 bits per heavy atom. The van der Waals surface area contributed by atoms with E-state index in [1.165, 1.54) is 18.3 Å². The van der Waals surface area contributed by atoms with Gasteiger partial charge in [0, 0.05) is 10.7 Å². The summed E-state index contributed by atoms with van der Waals surface area (Å²) in [4.78, 5) is 4.18. The third-order valence-electron chi connectivity index (χ3n) is 2.73. The van der Waals surface area contributed by atoms with Gasteiger partial charge < -0.3 is 0 Å². The summed E-state index contributed by atoms with van der Waals surface area (Å²) < 4.78 is 14.0. The molecule has 1 aromatic heterocycles. The fraction of sp³-hybridized carbons (Fsp3) is 0.154. The summed E-state index contributed by atoms with van der Waals surface area (Å²) >= 11 is 15.2. The Balaban J connectivity index is 2.28. The van der Waals surface area contributed by atoms with Crippen molar-refractivity contribution in [2.75, 3.05) is 0 Å². The highest BCUT2D eigenvalue weighted by molar-refractivity contribution is 9.10. The van der Waals surface area contributed by atoms with Crippen LogP contribution in [0.5, 0.6) is 0 Å². The molecule has 0 spiro atoms. The van der Waals surface area contributed by atoms with Crippen LogP contribution in [0, 0.1) is 5.82 Å². The van der Waals surface area contributed by atoms with Gasteiger partial charge in [-0.15, -0.1) is 0 Å². The smallest absolute Gasteiger partial charge is 0.124 e. The van der Waals surface area contributed by atoms with E-state index in [4.69, 9.17) is 29.0 Å². The van der Waals surface area contributed by atoms with Crippen LogP contribution < -0.4 is 11.3 Å². The van der Waals surface area contributed by atoms with Crippen molar-refractivity contribution in [3.63, 3.8) is 0 Å². The van der Waals surface area contributed by atoms with E-state index in [2.05, 4.69) is 26.3 Å². The topological polar surface area (TPSA) is 50.9 Å². The SMILES string of the molecule is NNC(Cc1cc(F)cc(Br)c1)c1ncc(Cl)cc1Cl. The number of aromatic nitrogens is 1. The number of nitrogens with two attached hydrogens (primary N) is 1. The quantitative estimate of drug-likeness (QED) is 0.623. The number of rotatable bonds is 4. The van der Waals surface area contributed by atoms with Crippen LogP contribution in [0.3, 0.4) is 0 Å². The summed E-state index contributed by atoms with van der Waals surface area (Å²) in [6.07, 6.45) is 1.94. The lowest BCUT2D eigenvalue weighted by Gasteiger charge is -2.17. The minimum atomic E-state index is -0.339. The van der Waals surface area contributed by atoms with Crippen LogP contribution in [-0.2, 0) is 6.42 Å². The van der Waals surface area contributed by atoms with Gasteiger partial charge in [0.25, 0.3) is 0 Å². The molecule has 3 nitrogen and oxygen atoms in total. The summed E-state index contributed by atoms with van der Waals surface area (Å²) in [6, 6.07) is 5.91. The molecule has 0 aliphatic heterocycles. The second kappa shape index (κ2) is 6.83. The number of benzene rings is 1. The highest BCUT2D eigenvalue weighted by Gasteiger charge is 2.16. The van der Waals surface area contributed by atoms with Crippen LogP contribution in [0.1, 0.15) is 17.3 Å². The van der Waals surface area contributed by atoms with Gasteiger partial charge in [0.2, 0.25) is 0 Å². The predicted molar refractivity (Wildman–Crippen MR) is 82.1 cm³/mol. The van der Waals surface area contributed by atoms with Crippen LogP contribution in [0.25, 0.3) is 0 Å². The van der Waals surface area contributed by atoms with E-state index in [9.17, 15) is 4.39 Å². The van der Waals surface area contributed by atoms with Crippen molar-refractivity contribution >= 4 is 39.1 Å². The number of nitrogens with one attached hydrogen (secondary N) is 1. The summed E-state index contributed by atoms with van der Waals surface area (Å²) in [7, 11) is 0. The van der Waals surface area contributed by atoms with E-state index in [1.54, 1.807) is 6.07 Å². The van der Waals surface area contributed by atoms with Crippen molar-refractivity contribution < 1.29 is 4.39 Å². The Labute approximate surface area is 134 Å². The predicted octanol–water partition coefficient (Wildman–Crippen LogP) is 4.04. The molecule has 1 atom stereocenters. The molecular formula is C13H11BrCl2FN3. The first-order valence-electron chi connectivity index (χ1n) is 5.71. The van der Waals surface area contributed by atoms with E-state index >= 15 is 0 Å². The molecule has 2 rings (SSSR count). The molecule has 0 bridgehead atoms.